The normalized spacial score (nSPS) is 12.0. The van der Waals surface area contributed by atoms with Crippen LogP contribution in [0.4, 0.5) is 0 Å². The van der Waals surface area contributed by atoms with Crippen LogP contribution in [-0.2, 0) is 16.6 Å². The van der Waals surface area contributed by atoms with Gasteiger partial charge in [-0.25, -0.2) is 13.1 Å². The third kappa shape index (κ3) is 2.85. The Morgan fingerprint density at radius 1 is 1.25 bits per heavy atom. The minimum atomic E-state index is -3.81. The molecule has 0 amide bonds. The first-order valence-electron chi connectivity index (χ1n) is 7.33. The molecule has 0 bridgehead atoms. The van der Waals surface area contributed by atoms with Crippen LogP contribution in [0.1, 0.15) is 22.6 Å². The van der Waals surface area contributed by atoms with Gasteiger partial charge >= 0.3 is 0 Å². The lowest BCUT2D eigenvalue weighted by molar-refractivity contribution is 0.390. The largest absolute Gasteiger partial charge is 0.360 e. The van der Waals surface area contributed by atoms with Crippen LogP contribution in [0, 0.1) is 20.8 Å². The van der Waals surface area contributed by atoms with Gasteiger partial charge in [-0.05, 0) is 37.8 Å². The zero-order valence-electron chi connectivity index (χ0n) is 13.5. The van der Waals surface area contributed by atoms with E-state index in [0.29, 0.717) is 5.56 Å². The topological polar surface area (TPSA) is 105 Å². The summed E-state index contributed by atoms with van der Waals surface area (Å²) in [6.45, 7) is 4.86. The molecule has 7 nitrogen and oxygen atoms in total. The van der Waals surface area contributed by atoms with Gasteiger partial charge in [0.2, 0.25) is 10.0 Å². The molecule has 3 rings (SSSR count). The van der Waals surface area contributed by atoms with Crippen molar-refractivity contribution in [3.63, 3.8) is 0 Å². The Balaban J connectivity index is 1.94. The highest BCUT2D eigenvalue weighted by molar-refractivity contribution is 7.89. The number of rotatable bonds is 4. The zero-order valence-corrected chi connectivity index (χ0v) is 14.3. The third-order valence-electron chi connectivity index (χ3n) is 3.85. The molecule has 2 aromatic heterocycles. The van der Waals surface area contributed by atoms with Gasteiger partial charge < -0.3 is 9.51 Å². The smallest absolute Gasteiger partial charge is 0.252 e. The molecule has 0 saturated carbocycles. The number of fused-ring (bicyclic) bond motifs is 1. The number of nitrogens with one attached hydrogen (secondary N) is 2. The lowest BCUT2D eigenvalue weighted by Gasteiger charge is -2.08. The molecule has 2 N–H and O–H groups in total. The molecule has 0 radical (unpaired) electrons. The fraction of sp³-hybridized carbons (Fsp3) is 0.250. The molecule has 1 aromatic carbocycles. The number of sulfonamides is 1. The number of H-pyrrole nitrogens is 1. The van der Waals surface area contributed by atoms with E-state index in [4.69, 9.17) is 4.52 Å². The fourth-order valence-electron chi connectivity index (χ4n) is 2.66. The summed E-state index contributed by atoms with van der Waals surface area (Å²) in [5, 5.41) is 4.49. The van der Waals surface area contributed by atoms with Crippen LogP contribution < -0.4 is 10.3 Å². The quantitative estimate of drug-likeness (QED) is 0.750. The Hall–Kier alpha value is -2.45. The van der Waals surface area contributed by atoms with E-state index < -0.39 is 10.0 Å². The van der Waals surface area contributed by atoms with Crippen LogP contribution in [0.2, 0.25) is 0 Å². The highest BCUT2D eigenvalue weighted by Gasteiger charge is 2.24. The Morgan fingerprint density at radius 2 is 2.00 bits per heavy atom. The van der Waals surface area contributed by atoms with Gasteiger partial charge in [-0.2, -0.15) is 0 Å². The highest BCUT2D eigenvalue weighted by Crippen LogP contribution is 2.19. The predicted molar refractivity (Wildman–Crippen MR) is 89.3 cm³/mol. The second-order valence-corrected chi connectivity index (χ2v) is 7.34. The van der Waals surface area contributed by atoms with Crippen molar-refractivity contribution in [1.82, 2.24) is 14.9 Å². The van der Waals surface area contributed by atoms with Crippen molar-refractivity contribution in [3.8, 4) is 0 Å². The van der Waals surface area contributed by atoms with Crippen molar-refractivity contribution in [2.75, 3.05) is 0 Å². The third-order valence-corrected chi connectivity index (χ3v) is 5.50. The van der Waals surface area contributed by atoms with Crippen LogP contribution in [0.5, 0.6) is 0 Å². The van der Waals surface area contributed by atoms with Crippen LogP contribution in [-0.4, -0.2) is 18.6 Å². The van der Waals surface area contributed by atoms with Gasteiger partial charge in [0.25, 0.3) is 5.56 Å². The molecular formula is C16H17N3O4S. The maximum atomic E-state index is 12.4. The lowest BCUT2D eigenvalue weighted by Crippen LogP contribution is -2.27. The first kappa shape index (κ1) is 16.4. The van der Waals surface area contributed by atoms with E-state index >= 15 is 0 Å². The standard InChI is InChI=1S/C16H17N3O4S/c1-9-5-4-6-12-7-13(16(20)18-14(9)12)8-17-24(21,22)15-10(2)19-23-11(15)3/h4-7,17H,8H2,1-3H3,(H,18,20). The molecule has 0 saturated heterocycles. The second-order valence-electron chi connectivity index (χ2n) is 5.64. The second kappa shape index (κ2) is 5.88. The number of hydrogen-bond donors (Lipinski definition) is 2. The molecule has 2 heterocycles. The van der Waals surface area contributed by atoms with E-state index in [1.807, 2.05) is 25.1 Å². The van der Waals surface area contributed by atoms with Crippen molar-refractivity contribution in [2.45, 2.75) is 32.2 Å². The monoisotopic (exact) mass is 347 g/mol. The van der Waals surface area contributed by atoms with E-state index in [0.717, 1.165) is 16.5 Å². The summed E-state index contributed by atoms with van der Waals surface area (Å²) in [7, 11) is -3.81. The zero-order chi connectivity index (χ0) is 17.5. The van der Waals surface area contributed by atoms with Crippen molar-refractivity contribution in [3.05, 3.63) is 57.2 Å². The molecule has 8 heteroatoms. The first-order valence-corrected chi connectivity index (χ1v) is 8.82. The average molecular weight is 347 g/mol. The summed E-state index contributed by atoms with van der Waals surface area (Å²) in [4.78, 5) is 15.0. The number of aromatic nitrogens is 2. The molecule has 3 aromatic rings. The summed E-state index contributed by atoms with van der Waals surface area (Å²) >= 11 is 0. The van der Waals surface area contributed by atoms with E-state index in [1.165, 1.54) is 6.92 Å². The number of para-hydroxylation sites is 1. The van der Waals surface area contributed by atoms with Crippen LogP contribution >= 0.6 is 0 Å². The van der Waals surface area contributed by atoms with Gasteiger partial charge in [0, 0.05) is 12.1 Å². The summed E-state index contributed by atoms with van der Waals surface area (Å²) in [6.07, 6.45) is 0. The first-order chi connectivity index (χ1) is 11.3. The van der Waals surface area contributed by atoms with Gasteiger partial charge in [0.1, 0.15) is 10.6 Å². The van der Waals surface area contributed by atoms with Gasteiger partial charge in [0.05, 0.1) is 5.52 Å². The minimum Gasteiger partial charge on any atom is -0.360 e. The molecule has 0 atom stereocenters. The van der Waals surface area contributed by atoms with E-state index in [9.17, 15) is 13.2 Å². The Morgan fingerprint density at radius 3 is 2.67 bits per heavy atom. The lowest BCUT2D eigenvalue weighted by atomic mass is 10.1. The number of nitrogens with zero attached hydrogens (tertiary/aromatic N) is 1. The predicted octanol–water partition coefficient (Wildman–Crippen LogP) is 1.92. The molecule has 0 aliphatic rings. The summed E-state index contributed by atoms with van der Waals surface area (Å²) in [6, 6.07) is 7.34. The number of hydrogen-bond acceptors (Lipinski definition) is 5. The number of pyridine rings is 1. The summed E-state index contributed by atoms with van der Waals surface area (Å²) in [5.74, 6) is 0.211. The summed E-state index contributed by atoms with van der Waals surface area (Å²) < 4.78 is 32.2. The Labute approximate surface area is 138 Å². The van der Waals surface area contributed by atoms with Crippen molar-refractivity contribution < 1.29 is 12.9 Å². The van der Waals surface area contributed by atoms with Gasteiger partial charge in [-0.3, -0.25) is 4.79 Å². The summed E-state index contributed by atoms with van der Waals surface area (Å²) in [5.41, 5.74) is 2.00. The maximum Gasteiger partial charge on any atom is 0.252 e. The number of aryl methyl sites for hydroxylation is 3. The Bertz CT molecular complexity index is 1060. The molecule has 0 aliphatic carbocycles. The van der Waals surface area contributed by atoms with Crippen molar-refractivity contribution in [1.29, 1.82) is 0 Å². The van der Waals surface area contributed by atoms with Crippen LogP contribution in [0.3, 0.4) is 0 Å². The van der Waals surface area contributed by atoms with E-state index in [1.54, 1.807) is 13.0 Å². The molecule has 0 aliphatic heterocycles. The van der Waals surface area contributed by atoms with Crippen LogP contribution in [0.25, 0.3) is 10.9 Å². The SMILES string of the molecule is Cc1noc(C)c1S(=O)(=O)NCc1cc2cccc(C)c2[nH]c1=O. The van der Waals surface area contributed by atoms with Gasteiger partial charge in [-0.1, -0.05) is 23.4 Å². The van der Waals surface area contributed by atoms with E-state index in [2.05, 4.69) is 14.9 Å². The van der Waals surface area contributed by atoms with Crippen molar-refractivity contribution >= 4 is 20.9 Å². The fourth-order valence-corrected chi connectivity index (χ4v) is 3.99. The van der Waals surface area contributed by atoms with E-state index in [-0.39, 0.29) is 28.5 Å². The van der Waals surface area contributed by atoms with Gasteiger partial charge in [-0.15, -0.1) is 0 Å². The number of benzene rings is 1. The van der Waals surface area contributed by atoms with Gasteiger partial charge in [0.15, 0.2) is 5.76 Å². The molecule has 0 spiro atoms. The van der Waals surface area contributed by atoms with Crippen molar-refractivity contribution in [2.24, 2.45) is 0 Å². The maximum absolute atomic E-state index is 12.4. The molecule has 0 unspecified atom stereocenters. The minimum absolute atomic E-state index is 0.00978. The molecule has 24 heavy (non-hydrogen) atoms. The molecule has 0 fully saturated rings. The number of aromatic amines is 1. The van der Waals surface area contributed by atoms with Crippen LogP contribution in [0.15, 0.2) is 38.5 Å². The highest BCUT2D eigenvalue weighted by atomic mass is 32.2. The Kier molecular flexibility index (Phi) is 4.02. The molecule has 126 valence electrons. The molecular weight excluding hydrogens is 330 g/mol. The average Bonchev–Trinajstić information content (AvgIpc) is 2.86.